The van der Waals surface area contributed by atoms with Gasteiger partial charge in [0.15, 0.2) is 6.29 Å². The number of hydrogen-bond acceptors (Lipinski definition) is 6. The highest BCUT2D eigenvalue weighted by atomic mass is 16.8. The number of benzene rings is 2. The van der Waals surface area contributed by atoms with Crippen molar-refractivity contribution in [3.05, 3.63) is 65.7 Å². The Hall–Kier alpha value is -1.96. The van der Waals surface area contributed by atoms with E-state index in [1.165, 1.54) is 0 Å². The average Bonchev–Trinajstić information content (AvgIpc) is 3.16. The lowest BCUT2D eigenvalue weighted by Crippen LogP contribution is -2.55. The van der Waals surface area contributed by atoms with Crippen molar-refractivity contribution in [1.29, 1.82) is 0 Å². The van der Waals surface area contributed by atoms with Crippen molar-refractivity contribution in [2.24, 2.45) is 0 Å². The van der Waals surface area contributed by atoms with Gasteiger partial charge in [0, 0.05) is 0 Å². The first kappa shape index (κ1) is 18.4. The summed E-state index contributed by atoms with van der Waals surface area (Å²) >= 11 is 0. The first-order valence-electron chi connectivity index (χ1n) is 9.10. The Morgan fingerprint density at radius 1 is 0.926 bits per heavy atom. The molecule has 4 rings (SSSR count). The summed E-state index contributed by atoms with van der Waals surface area (Å²) in [5, 5.41) is 10.6. The lowest BCUT2D eigenvalue weighted by atomic mass is 10.0. The number of aliphatic hydroxyl groups excluding tert-OH is 1. The zero-order valence-electron chi connectivity index (χ0n) is 15.2. The van der Waals surface area contributed by atoms with Gasteiger partial charge in [-0.1, -0.05) is 42.5 Å². The molecule has 27 heavy (non-hydrogen) atoms. The van der Waals surface area contributed by atoms with Crippen LogP contribution in [0.2, 0.25) is 0 Å². The molecule has 6 heteroatoms. The van der Waals surface area contributed by atoms with Crippen LogP contribution in [-0.4, -0.2) is 49.5 Å². The van der Waals surface area contributed by atoms with Crippen molar-refractivity contribution in [2.45, 2.75) is 43.9 Å². The van der Waals surface area contributed by atoms with Crippen molar-refractivity contribution >= 4 is 0 Å². The summed E-state index contributed by atoms with van der Waals surface area (Å²) in [6, 6.07) is 17.5. The molecule has 0 saturated carbocycles. The number of rotatable bonds is 7. The van der Waals surface area contributed by atoms with Crippen molar-refractivity contribution in [3.63, 3.8) is 0 Å². The molecule has 2 bridgehead atoms. The quantitative estimate of drug-likeness (QED) is 0.804. The molecule has 2 aromatic carbocycles. The molecule has 0 radical (unpaired) electrons. The maximum atomic E-state index is 10.6. The van der Waals surface area contributed by atoms with Crippen LogP contribution in [0.4, 0.5) is 0 Å². The fraction of sp³-hybridized carbons (Fsp3) is 0.429. The van der Waals surface area contributed by atoms with Crippen LogP contribution in [0, 0.1) is 0 Å². The standard InChI is InChI=1S/C21H24O6/c1-23-16-9-7-15(8-10-16)12-25-20-19(18(22)17-13-26-21(20)27-17)24-11-14-5-3-2-4-6-14/h2-10,17-22H,11-13H2,1H3/t17?,18-,19-,20?,21-/m1/s1. The van der Waals surface area contributed by atoms with Gasteiger partial charge in [-0.25, -0.2) is 0 Å². The van der Waals surface area contributed by atoms with Crippen molar-refractivity contribution in [1.82, 2.24) is 0 Å². The molecule has 2 saturated heterocycles. The predicted molar refractivity (Wildman–Crippen MR) is 97.2 cm³/mol. The van der Waals surface area contributed by atoms with Crippen molar-refractivity contribution in [2.75, 3.05) is 13.7 Å². The molecular formula is C21H24O6. The van der Waals surface area contributed by atoms with E-state index >= 15 is 0 Å². The molecule has 0 spiro atoms. The van der Waals surface area contributed by atoms with E-state index in [2.05, 4.69) is 0 Å². The Bertz CT molecular complexity index is 719. The number of aliphatic hydroxyl groups is 1. The summed E-state index contributed by atoms with van der Waals surface area (Å²) in [4.78, 5) is 0. The van der Waals surface area contributed by atoms with Gasteiger partial charge in [0.1, 0.15) is 30.2 Å². The number of methoxy groups -OCH3 is 1. The summed E-state index contributed by atoms with van der Waals surface area (Å²) in [5.74, 6) is 0.793. The van der Waals surface area contributed by atoms with Gasteiger partial charge in [0.05, 0.1) is 26.9 Å². The van der Waals surface area contributed by atoms with E-state index in [1.54, 1.807) is 7.11 Å². The molecule has 2 aliphatic heterocycles. The highest BCUT2D eigenvalue weighted by Crippen LogP contribution is 2.33. The molecule has 2 heterocycles. The third-order valence-corrected chi connectivity index (χ3v) is 4.93. The predicted octanol–water partition coefficient (Wildman–Crippen LogP) is 2.28. The van der Waals surface area contributed by atoms with E-state index < -0.39 is 24.6 Å². The zero-order chi connectivity index (χ0) is 18.6. The van der Waals surface area contributed by atoms with Gasteiger partial charge in [0.25, 0.3) is 0 Å². The number of fused-ring (bicyclic) bond motifs is 2. The van der Waals surface area contributed by atoms with Crippen LogP contribution in [0.3, 0.4) is 0 Å². The summed E-state index contributed by atoms with van der Waals surface area (Å²) in [7, 11) is 1.63. The highest BCUT2D eigenvalue weighted by molar-refractivity contribution is 5.26. The molecule has 1 N–H and O–H groups in total. The fourth-order valence-electron chi connectivity index (χ4n) is 3.40. The summed E-state index contributed by atoms with van der Waals surface area (Å²) < 4.78 is 28.7. The van der Waals surface area contributed by atoms with Crippen molar-refractivity contribution in [3.8, 4) is 5.75 Å². The molecule has 5 atom stereocenters. The topological polar surface area (TPSA) is 66.4 Å². The van der Waals surface area contributed by atoms with E-state index in [-0.39, 0.29) is 6.10 Å². The van der Waals surface area contributed by atoms with E-state index in [9.17, 15) is 5.11 Å². The fourth-order valence-corrected chi connectivity index (χ4v) is 3.40. The molecule has 2 unspecified atom stereocenters. The largest absolute Gasteiger partial charge is 0.497 e. The van der Waals surface area contributed by atoms with Crippen molar-refractivity contribution < 1.29 is 28.8 Å². The minimum atomic E-state index is -0.798. The van der Waals surface area contributed by atoms with E-state index in [0.29, 0.717) is 19.8 Å². The summed E-state index contributed by atoms with van der Waals surface area (Å²) in [5.41, 5.74) is 2.03. The molecule has 2 aromatic rings. The Kier molecular flexibility index (Phi) is 5.71. The molecule has 0 aliphatic carbocycles. The second kappa shape index (κ2) is 8.37. The number of ether oxygens (including phenoxy) is 5. The van der Waals surface area contributed by atoms with Crippen LogP contribution in [0.25, 0.3) is 0 Å². The molecule has 6 nitrogen and oxygen atoms in total. The molecule has 0 aromatic heterocycles. The maximum absolute atomic E-state index is 10.6. The second-order valence-electron chi connectivity index (χ2n) is 6.75. The third-order valence-electron chi connectivity index (χ3n) is 4.93. The van der Waals surface area contributed by atoms with Gasteiger partial charge in [-0.15, -0.1) is 0 Å². The maximum Gasteiger partial charge on any atom is 0.187 e. The zero-order valence-corrected chi connectivity index (χ0v) is 15.2. The van der Waals surface area contributed by atoms with Gasteiger partial charge in [-0.3, -0.25) is 0 Å². The Balaban J connectivity index is 1.43. The molecule has 0 amide bonds. The van der Waals surface area contributed by atoms with Gasteiger partial charge >= 0.3 is 0 Å². The number of hydrogen-bond donors (Lipinski definition) is 1. The Morgan fingerprint density at radius 3 is 2.30 bits per heavy atom. The monoisotopic (exact) mass is 372 g/mol. The van der Waals surface area contributed by atoms with Crippen LogP contribution in [0.1, 0.15) is 11.1 Å². The SMILES string of the molecule is COc1ccc(COC2[C@@H]3OCC(O3)[C@@H](O)[C@H]2OCc2ccccc2)cc1. The molecule has 144 valence electrons. The molecular weight excluding hydrogens is 348 g/mol. The summed E-state index contributed by atoms with van der Waals surface area (Å²) in [6.07, 6.45) is -2.73. The van der Waals surface area contributed by atoms with Crippen LogP contribution >= 0.6 is 0 Å². The van der Waals surface area contributed by atoms with E-state index in [4.69, 9.17) is 23.7 Å². The molecule has 2 fully saturated rings. The van der Waals surface area contributed by atoms with E-state index in [0.717, 1.165) is 16.9 Å². The van der Waals surface area contributed by atoms with Gasteiger partial charge in [-0.05, 0) is 23.3 Å². The highest BCUT2D eigenvalue weighted by Gasteiger charge is 2.51. The van der Waals surface area contributed by atoms with Crippen LogP contribution in [0.15, 0.2) is 54.6 Å². The lowest BCUT2D eigenvalue weighted by Gasteiger charge is -2.38. The van der Waals surface area contributed by atoms with Gasteiger partial charge in [0.2, 0.25) is 0 Å². The second-order valence-corrected chi connectivity index (χ2v) is 6.75. The van der Waals surface area contributed by atoms with Crippen LogP contribution < -0.4 is 4.74 Å². The van der Waals surface area contributed by atoms with Crippen LogP contribution in [0.5, 0.6) is 5.75 Å². The van der Waals surface area contributed by atoms with Gasteiger partial charge < -0.3 is 28.8 Å². The first-order valence-corrected chi connectivity index (χ1v) is 9.10. The summed E-state index contributed by atoms with van der Waals surface area (Å²) in [6.45, 7) is 1.10. The van der Waals surface area contributed by atoms with E-state index in [1.807, 2.05) is 54.6 Å². The van der Waals surface area contributed by atoms with Crippen LogP contribution in [-0.2, 0) is 32.2 Å². The smallest absolute Gasteiger partial charge is 0.187 e. The minimum absolute atomic E-state index is 0.347. The minimum Gasteiger partial charge on any atom is -0.497 e. The Labute approximate surface area is 158 Å². The lowest BCUT2D eigenvalue weighted by molar-refractivity contribution is -0.258. The Morgan fingerprint density at radius 2 is 1.59 bits per heavy atom. The third kappa shape index (κ3) is 4.15. The first-order chi connectivity index (χ1) is 13.2. The molecule has 2 aliphatic rings. The average molecular weight is 372 g/mol. The van der Waals surface area contributed by atoms with Gasteiger partial charge in [-0.2, -0.15) is 0 Å². The normalized spacial score (nSPS) is 29.6.